The number of nitrogens with two attached hydrogens (primary N) is 1. The van der Waals surface area contributed by atoms with Crippen LogP contribution in [-0.2, 0) is 21.4 Å². The maximum atomic E-state index is 12.2. The average Bonchev–Trinajstić information content (AvgIpc) is 2.93. The summed E-state index contributed by atoms with van der Waals surface area (Å²) in [6.45, 7) is 1.55. The zero-order valence-electron chi connectivity index (χ0n) is 13.3. The molecule has 0 saturated heterocycles. The lowest BCUT2D eigenvalue weighted by Crippen LogP contribution is -2.17. The van der Waals surface area contributed by atoms with E-state index in [0.29, 0.717) is 4.96 Å². The highest BCUT2D eigenvalue weighted by atomic mass is 35.5. The number of fused-ring (bicyclic) bond motifs is 1. The van der Waals surface area contributed by atoms with Crippen molar-refractivity contribution in [3.05, 3.63) is 62.0 Å². The van der Waals surface area contributed by atoms with Crippen molar-refractivity contribution < 1.29 is 17.9 Å². The number of aromatic nitrogens is 2. The molecule has 136 valence electrons. The second kappa shape index (κ2) is 6.80. The fraction of sp³-hybridized carbons (Fsp3) is 0.133. The number of thiazole rings is 1. The maximum Gasteiger partial charge on any atom is 0.338 e. The molecule has 8 nitrogen and oxygen atoms in total. The first-order valence-corrected chi connectivity index (χ1v) is 9.93. The summed E-state index contributed by atoms with van der Waals surface area (Å²) in [4.78, 5) is 28.6. The molecule has 3 aromatic rings. The van der Waals surface area contributed by atoms with Gasteiger partial charge in [0.15, 0.2) is 4.96 Å². The topological polar surface area (TPSA) is 121 Å². The van der Waals surface area contributed by atoms with Crippen LogP contribution >= 0.6 is 22.9 Å². The van der Waals surface area contributed by atoms with E-state index in [1.165, 1.54) is 33.9 Å². The molecule has 11 heteroatoms. The second-order valence-corrected chi connectivity index (χ2v) is 8.12. The van der Waals surface area contributed by atoms with Crippen LogP contribution in [0.4, 0.5) is 0 Å². The van der Waals surface area contributed by atoms with Gasteiger partial charge in [0, 0.05) is 17.1 Å². The van der Waals surface area contributed by atoms with Gasteiger partial charge in [-0.25, -0.2) is 23.3 Å². The minimum Gasteiger partial charge on any atom is -0.456 e. The molecule has 0 unspecified atom stereocenters. The van der Waals surface area contributed by atoms with E-state index in [-0.39, 0.29) is 33.3 Å². The Morgan fingerprint density at radius 3 is 2.81 bits per heavy atom. The van der Waals surface area contributed by atoms with Crippen molar-refractivity contribution in [3.8, 4) is 0 Å². The fourth-order valence-corrected chi connectivity index (χ4v) is 4.21. The minimum absolute atomic E-state index is 0.0387. The van der Waals surface area contributed by atoms with Gasteiger partial charge in [-0.15, -0.1) is 11.3 Å². The number of esters is 1. The number of rotatable bonds is 4. The fourth-order valence-electron chi connectivity index (χ4n) is 2.25. The molecule has 2 N–H and O–H groups in total. The van der Waals surface area contributed by atoms with E-state index in [1.54, 1.807) is 12.3 Å². The SMILES string of the molecule is Cc1csc2nc(COC(=O)c3ccc(Cl)c(S(N)(=O)=O)c3)cc(=O)n12. The molecule has 0 atom stereocenters. The number of primary sulfonamides is 1. The normalized spacial score (nSPS) is 11.7. The van der Waals surface area contributed by atoms with Gasteiger partial charge >= 0.3 is 5.97 Å². The van der Waals surface area contributed by atoms with E-state index >= 15 is 0 Å². The molecule has 0 radical (unpaired) electrons. The standard InChI is InChI=1S/C15H12ClN3O5S2/c1-8-7-25-15-18-10(5-13(20)19(8)15)6-24-14(21)9-2-3-11(16)12(4-9)26(17,22)23/h2-5,7H,6H2,1H3,(H2,17,22,23). The lowest BCUT2D eigenvalue weighted by molar-refractivity contribution is 0.0467. The van der Waals surface area contributed by atoms with Crippen molar-refractivity contribution in [2.24, 2.45) is 5.14 Å². The Hall–Kier alpha value is -2.27. The van der Waals surface area contributed by atoms with Gasteiger partial charge in [0.2, 0.25) is 10.0 Å². The number of hydrogen-bond acceptors (Lipinski definition) is 7. The van der Waals surface area contributed by atoms with Gasteiger partial charge in [-0.3, -0.25) is 9.20 Å². The van der Waals surface area contributed by atoms with Crippen LogP contribution in [0, 0.1) is 6.92 Å². The van der Waals surface area contributed by atoms with Crippen molar-refractivity contribution in [1.29, 1.82) is 0 Å². The number of nitrogens with zero attached hydrogens (tertiary/aromatic N) is 2. The Morgan fingerprint density at radius 1 is 1.38 bits per heavy atom. The van der Waals surface area contributed by atoms with Crippen LogP contribution in [0.5, 0.6) is 0 Å². The summed E-state index contributed by atoms with van der Waals surface area (Å²) in [5, 5.41) is 6.75. The monoisotopic (exact) mass is 413 g/mol. The quantitative estimate of drug-likeness (QED) is 0.650. The average molecular weight is 414 g/mol. The Morgan fingerprint density at radius 2 is 2.12 bits per heavy atom. The summed E-state index contributed by atoms with van der Waals surface area (Å²) in [5.74, 6) is -0.795. The van der Waals surface area contributed by atoms with Crippen molar-refractivity contribution in [2.45, 2.75) is 18.4 Å². The number of halogens is 1. The van der Waals surface area contributed by atoms with Crippen LogP contribution in [0.2, 0.25) is 5.02 Å². The molecule has 26 heavy (non-hydrogen) atoms. The Bertz CT molecular complexity index is 1180. The number of carbonyl (C=O) groups excluding carboxylic acids is 1. The van der Waals surface area contributed by atoms with Crippen molar-refractivity contribution in [3.63, 3.8) is 0 Å². The van der Waals surface area contributed by atoms with Gasteiger partial charge in [-0.1, -0.05) is 11.6 Å². The first-order chi connectivity index (χ1) is 12.2. The molecule has 0 bridgehead atoms. The van der Waals surface area contributed by atoms with Gasteiger partial charge < -0.3 is 4.74 Å². The van der Waals surface area contributed by atoms with Gasteiger partial charge in [-0.2, -0.15) is 0 Å². The highest BCUT2D eigenvalue weighted by molar-refractivity contribution is 7.89. The largest absolute Gasteiger partial charge is 0.456 e. The highest BCUT2D eigenvalue weighted by Gasteiger charge is 2.17. The lowest BCUT2D eigenvalue weighted by Gasteiger charge is -2.07. The smallest absolute Gasteiger partial charge is 0.338 e. The van der Waals surface area contributed by atoms with Crippen LogP contribution < -0.4 is 10.7 Å². The third kappa shape index (κ3) is 3.63. The van der Waals surface area contributed by atoms with E-state index in [2.05, 4.69) is 4.98 Å². The molecule has 0 amide bonds. The van der Waals surface area contributed by atoms with Crippen LogP contribution in [0.3, 0.4) is 0 Å². The molecule has 0 fully saturated rings. The summed E-state index contributed by atoms with van der Waals surface area (Å²) in [7, 11) is -4.08. The van der Waals surface area contributed by atoms with Crippen molar-refractivity contribution in [2.75, 3.05) is 0 Å². The number of ether oxygens (including phenoxy) is 1. The van der Waals surface area contributed by atoms with Gasteiger partial charge in [-0.05, 0) is 25.1 Å². The zero-order chi connectivity index (χ0) is 19.1. The summed E-state index contributed by atoms with van der Waals surface area (Å²) >= 11 is 7.07. The van der Waals surface area contributed by atoms with E-state index in [1.807, 2.05) is 0 Å². The molecule has 3 rings (SSSR count). The molecule has 0 saturated carbocycles. The molecular formula is C15H12ClN3O5S2. The lowest BCUT2D eigenvalue weighted by atomic mass is 10.2. The predicted octanol–water partition coefficient (Wildman–Crippen LogP) is 1.72. The van der Waals surface area contributed by atoms with Crippen LogP contribution in [0.1, 0.15) is 21.7 Å². The molecule has 2 heterocycles. The number of benzene rings is 1. The number of carbonyl (C=O) groups is 1. The summed E-state index contributed by atoms with van der Waals surface area (Å²) in [6, 6.07) is 4.86. The summed E-state index contributed by atoms with van der Waals surface area (Å²) < 4.78 is 29.5. The first kappa shape index (κ1) is 18.5. The molecule has 0 aliphatic rings. The van der Waals surface area contributed by atoms with E-state index in [4.69, 9.17) is 21.5 Å². The van der Waals surface area contributed by atoms with Crippen molar-refractivity contribution in [1.82, 2.24) is 9.38 Å². The first-order valence-electron chi connectivity index (χ1n) is 7.13. The molecule has 2 aromatic heterocycles. The van der Waals surface area contributed by atoms with Crippen LogP contribution in [-0.4, -0.2) is 23.8 Å². The van der Waals surface area contributed by atoms with Gasteiger partial charge in [0.1, 0.15) is 11.5 Å². The molecule has 1 aromatic carbocycles. The van der Waals surface area contributed by atoms with Crippen molar-refractivity contribution >= 4 is 43.9 Å². The van der Waals surface area contributed by atoms with Crippen LogP contribution in [0.25, 0.3) is 4.96 Å². The Labute approximate surface area is 156 Å². The molecular weight excluding hydrogens is 402 g/mol. The van der Waals surface area contributed by atoms with E-state index in [0.717, 1.165) is 11.8 Å². The third-order valence-corrected chi connectivity index (χ3v) is 5.79. The number of sulfonamides is 1. The summed E-state index contributed by atoms with van der Waals surface area (Å²) in [6.07, 6.45) is 0. The summed E-state index contributed by atoms with van der Waals surface area (Å²) in [5.41, 5.74) is 0.736. The van der Waals surface area contributed by atoms with E-state index in [9.17, 15) is 18.0 Å². The highest BCUT2D eigenvalue weighted by Crippen LogP contribution is 2.22. The number of aryl methyl sites for hydroxylation is 1. The van der Waals surface area contributed by atoms with E-state index < -0.39 is 16.0 Å². The Balaban J connectivity index is 1.82. The zero-order valence-corrected chi connectivity index (χ0v) is 15.7. The number of hydrogen-bond donors (Lipinski definition) is 1. The van der Waals surface area contributed by atoms with Gasteiger partial charge in [0.25, 0.3) is 5.56 Å². The third-order valence-electron chi connectivity index (χ3n) is 3.45. The minimum atomic E-state index is -4.08. The molecule has 0 aliphatic heterocycles. The van der Waals surface area contributed by atoms with Crippen LogP contribution in [0.15, 0.2) is 39.3 Å². The molecule has 0 spiro atoms. The Kier molecular flexibility index (Phi) is 4.84. The molecule has 0 aliphatic carbocycles. The predicted molar refractivity (Wildman–Crippen MR) is 96.0 cm³/mol. The van der Waals surface area contributed by atoms with Gasteiger partial charge in [0.05, 0.1) is 16.3 Å². The second-order valence-electron chi connectivity index (χ2n) is 5.35. The maximum absolute atomic E-state index is 12.2.